The summed E-state index contributed by atoms with van der Waals surface area (Å²) in [6.45, 7) is 6.36. The van der Waals surface area contributed by atoms with E-state index in [0.29, 0.717) is 6.04 Å². The smallest absolute Gasteiger partial charge is 0.168 e. The third kappa shape index (κ3) is 1.98. The van der Waals surface area contributed by atoms with Crippen LogP contribution in [0.3, 0.4) is 0 Å². The number of aldehydes is 1. The summed E-state index contributed by atoms with van der Waals surface area (Å²) in [4.78, 5) is 16.3. The minimum absolute atomic E-state index is 0.367. The minimum Gasteiger partial charge on any atom is -0.322 e. The lowest BCUT2D eigenvalue weighted by molar-refractivity contribution is 0.111. The van der Waals surface area contributed by atoms with Crippen LogP contribution >= 0.6 is 0 Å². The molecular formula is C17H20N2O. The van der Waals surface area contributed by atoms with E-state index < -0.39 is 0 Å². The first-order valence-electron chi connectivity index (χ1n) is 7.25. The molecule has 0 bridgehead atoms. The van der Waals surface area contributed by atoms with Crippen LogP contribution < -0.4 is 0 Å². The monoisotopic (exact) mass is 268 g/mol. The van der Waals surface area contributed by atoms with Crippen molar-refractivity contribution in [3.8, 4) is 11.3 Å². The van der Waals surface area contributed by atoms with Gasteiger partial charge in [0.2, 0.25) is 0 Å². The number of aryl methyl sites for hydroxylation is 3. The fraction of sp³-hybridized carbons (Fsp3) is 0.412. The predicted octanol–water partition coefficient (Wildman–Crippen LogP) is 3.88. The van der Waals surface area contributed by atoms with E-state index in [-0.39, 0.29) is 0 Å². The average molecular weight is 268 g/mol. The van der Waals surface area contributed by atoms with Crippen molar-refractivity contribution in [2.45, 2.75) is 46.1 Å². The Morgan fingerprint density at radius 3 is 2.80 bits per heavy atom. The molecule has 1 aromatic heterocycles. The van der Waals surface area contributed by atoms with Crippen molar-refractivity contribution >= 4 is 6.29 Å². The molecule has 0 saturated carbocycles. The Bertz CT molecular complexity index is 670. The van der Waals surface area contributed by atoms with Gasteiger partial charge in [-0.05, 0) is 50.8 Å². The van der Waals surface area contributed by atoms with Gasteiger partial charge in [0.1, 0.15) is 11.5 Å². The van der Waals surface area contributed by atoms with Crippen molar-refractivity contribution in [2.24, 2.45) is 0 Å². The van der Waals surface area contributed by atoms with Crippen LogP contribution in [0.2, 0.25) is 0 Å². The van der Waals surface area contributed by atoms with E-state index >= 15 is 0 Å². The van der Waals surface area contributed by atoms with E-state index in [1.165, 1.54) is 11.1 Å². The highest BCUT2D eigenvalue weighted by Gasteiger charge is 2.24. The van der Waals surface area contributed by atoms with Gasteiger partial charge in [-0.2, -0.15) is 0 Å². The highest BCUT2D eigenvalue weighted by molar-refractivity contribution is 5.84. The number of hydrogen-bond donors (Lipinski definition) is 0. The van der Waals surface area contributed by atoms with Gasteiger partial charge >= 0.3 is 0 Å². The molecule has 0 amide bonds. The molecule has 0 spiro atoms. The van der Waals surface area contributed by atoms with E-state index in [1.807, 2.05) is 0 Å². The van der Waals surface area contributed by atoms with Gasteiger partial charge in [-0.15, -0.1) is 0 Å². The number of aromatic nitrogens is 2. The van der Waals surface area contributed by atoms with Crippen LogP contribution in [0.25, 0.3) is 11.3 Å². The standard InChI is InChI=1S/C17H20N2O/c1-11-7-8-14(9-12(11)2)17-15(10-20)19-13(3)5-4-6-16(19)18-17/h7-10,13H,4-6H2,1-3H3. The van der Waals surface area contributed by atoms with Crippen molar-refractivity contribution < 1.29 is 4.79 Å². The largest absolute Gasteiger partial charge is 0.322 e. The molecule has 3 heteroatoms. The maximum atomic E-state index is 11.6. The molecular weight excluding hydrogens is 248 g/mol. The van der Waals surface area contributed by atoms with Gasteiger partial charge in [-0.3, -0.25) is 4.79 Å². The first-order chi connectivity index (χ1) is 9.61. The molecule has 3 nitrogen and oxygen atoms in total. The lowest BCUT2D eigenvalue weighted by Crippen LogP contribution is -2.17. The summed E-state index contributed by atoms with van der Waals surface area (Å²) < 4.78 is 2.13. The number of carbonyl (C=O) groups is 1. The summed E-state index contributed by atoms with van der Waals surface area (Å²) in [6.07, 6.45) is 4.21. The summed E-state index contributed by atoms with van der Waals surface area (Å²) in [5, 5.41) is 0. The molecule has 0 N–H and O–H groups in total. The van der Waals surface area contributed by atoms with Crippen molar-refractivity contribution in [1.82, 2.24) is 9.55 Å². The third-order valence-electron chi connectivity index (χ3n) is 4.38. The molecule has 1 unspecified atom stereocenters. The van der Waals surface area contributed by atoms with Gasteiger partial charge < -0.3 is 4.57 Å². The highest BCUT2D eigenvalue weighted by atomic mass is 16.1. The quantitative estimate of drug-likeness (QED) is 0.775. The summed E-state index contributed by atoms with van der Waals surface area (Å²) >= 11 is 0. The molecule has 20 heavy (non-hydrogen) atoms. The lowest BCUT2D eigenvalue weighted by Gasteiger charge is -2.22. The predicted molar refractivity (Wildman–Crippen MR) is 80.2 cm³/mol. The fourth-order valence-electron chi connectivity index (χ4n) is 3.06. The molecule has 0 fully saturated rings. The SMILES string of the molecule is Cc1ccc(-c2nc3n(c2C=O)C(C)CCC3)cc1C. The van der Waals surface area contributed by atoms with Gasteiger partial charge in [-0.25, -0.2) is 4.98 Å². The van der Waals surface area contributed by atoms with Crippen LogP contribution in [0.4, 0.5) is 0 Å². The Hall–Kier alpha value is -1.90. The molecule has 104 valence electrons. The Labute approximate surface area is 119 Å². The normalized spacial score (nSPS) is 17.9. The van der Waals surface area contributed by atoms with Gasteiger partial charge in [0, 0.05) is 18.0 Å². The summed E-state index contributed by atoms with van der Waals surface area (Å²) in [5.41, 5.74) is 5.11. The molecule has 1 aromatic carbocycles. The van der Waals surface area contributed by atoms with Crippen LogP contribution in [0.15, 0.2) is 18.2 Å². The Morgan fingerprint density at radius 2 is 2.10 bits per heavy atom. The maximum Gasteiger partial charge on any atom is 0.168 e. The summed E-state index contributed by atoms with van der Waals surface area (Å²) in [5.74, 6) is 1.05. The fourth-order valence-corrected chi connectivity index (χ4v) is 3.06. The average Bonchev–Trinajstić information content (AvgIpc) is 2.82. The van der Waals surface area contributed by atoms with Gasteiger partial charge in [-0.1, -0.05) is 12.1 Å². The molecule has 0 radical (unpaired) electrons. The van der Waals surface area contributed by atoms with Crippen LogP contribution in [0.5, 0.6) is 0 Å². The van der Waals surface area contributed by atoms with Gasteiger partial charge in [0.25, 0.3) is 0 Å². The Morgan fingerprint density at radius 1 is 1.30 bits per heavy atom. The van der Waals surface area contributed by atoms with Crippen LogP contribution in [-0.2, 0) is 6.42 Å². The molecule has 1 aliphatic heterocycles. The zero-order chi connectivity index (χ0) is 14.3. The number of imidazole rings is 1. The first-order valence-corrected chi connectivity index (χ1v) is 7.25. The zero-order valence-corrected chi connectivity index (χ0v) is 12.3. The number of hydrogen-bond acceptors (Lipinski definition) is 2. The second-order valence-electron chi connectivity index (χ2n) is 5.79. The highest BCUT2D eigenvalue weighted by Crippen LogP contribution is 2.32. The van der Waals surface area contributed by atoms with Gasteiger partial charge in [0.05, 0.1) is 5.69 Å². The molecule has 3 rings (SSSR count). The van der Waals surface area contributed by atoms with Gasteiger partial charge in [0.15, 0.2) is 6.29 Å². The minimum atomic E-state index is 0.367. The van der Waals surface area contributed by atoms with Crippen LogP contribution in [-0.4, -0.2) is 15.8 Å². The van der Waals surface area contributed by atoms with E-state index in [9.17, 15) is 4.79 Å². The van der Waals surface area contributed by atoms with Crippen LogP contribution in [0.1, 0.15) is 53.2 Å². The molecule has 1 atom stereocenters. The van der Waals surface area contributed by atoms with E-state index in [1.54, 1.807) is 0 Å². The molecule has 1 aliphatic rings. The van der Waals surface area contributed by atoms with E-state index in [2.05, 4.69) is 43.5 Å². The Kier molecular flexibility index (Phi) is 3.20. The van der Waals surface area contributed by atoms with E-state index in [4.69, 9.17) is 4.98 Å². The number of fused-ring (bicyclic) bond motifs is 1. The molecule has 2 heterocycles. The Balaban J connectivity index is 2.18. The maximum absolute atomic E-state index is 11.6. The summed E-state index contributed by atoms with van der Waals surface area (Å²) in [7, 11) is 0. The van der Waals surface area contributed by atoms with Crippen LogP contribution in [0, 0.1) is 13.8 Å². The summed E-state index contributed by atoms with van der Waals surface area (Å²) in [6, 6.07) is 6.66. The lowest BCUT2D eigenvalue weighted by atomic mass is 10.0. The third-order valence-corrected chi connectivity index (χ3v) is 4.38. The first kappa shape index (κ1) is 13.1. The molecule has 0 aliphatic carbocycles. The van der Waals surface area contributed by atoms with Crippen molar-refractivity contribution in [2.75, 3.05) is 0 Å². The molecule has 0 saturated heterocycles. The second-order valence-corrected chi connectivity index (χ2v) is 5.79. The number of rotatable bonds is 2. The number of carbonyl (C=O) groups excluding carboxylic acids is 1. The van der Waals surface area contributed by atoms with Crippen molar-refractivity contribution in [1.29, 1.82) is 0 Å². The second kappa shape index (κ2) is 4.89. The zero-order valence-electron chi connectivity index (χ0n) is 12.3. The van der Waals surface area contributed by atoms with E-state index in [0.717, 1.165) is 48.3 Å². The number of benzene rings is 1. The van der Waals surface area contributed by atoms with Crippen molar-refractivity contribution in [3.05, 3.63) is 40.8 Å². The number of nitrogens with zero attached hydrogens (tertiary/aromatic N) is 2. The van der Waals surface area contributed by atoms with Crippen molar-refractivity contribution in [3.63, 3.8) is 0 Å². The molecule has 2 aromatic rings. The topological polar surface area (TPSA) is 34.9 Å².